The van der Waals surface area contributed by atoms with E-state index in [1.807, 2.05) is 25.1 Å². The van der Waals surface area contributed by atoms with Gasteiger partial charge in [0, 0.05) is 29.4 Å². The Bertz CT molecular complexity index is 1060. The minimum Gasteiger partial charge on any atom is -0.468 e. The van der Waals surface area contributed by atoms with Gasteiger partial charge in [0.1, 0.15) is 11.3 Å². The van der Waals surface area contributed by atoms with Gasteiger partial charge in [-0.15, -0.1) is 11.3 Å². The molecular formula is C22H21NO3S. The Kier molecular flexibility index (Phi) is 4.97. The van der Waals surface area contributed by atoms with Crippen LogP contribution < -0.4 is 5.63 Å². The molecule has 0 unspecified atom stereocenters. The highest BCUT2D eigenvalue weighted by molar-refractivity contribution is 7.09. The van der Waals surface area contributed by atoms with Gasteiger partial charge >= 0.3 is 5.63 Å². The Labute approximate surface area is 161 Å². The lowest BCUT2D eigenvalue weighted by molar-refractivity contribution is 0.229. The molecule has 0 spiro atoms. The molecule has 0 bridgehead atoms. The zero-order chi connectivity index (χ0) is 18.8. The topological polar surface area (TPSA) is 46.6 Å². The fourth-order valence-electron chi connectivity index (χ4n) is 3.27. The van der Waals surface area contributed by atoms with E-state index in [-0.39, 0.29) is 5.63 Å². The maximum Gasteiger partial charge on any atom is 0.336 e. The first-order valence-electron chi connectivity index (χ1n) is 8.89. The van der Waals surface area contributed by atoms with Crippen LogP contribution in [0.4, 0.5) is 0 Å². The Hall–Kier alpha value is -2.63. The molecule has 0 fully saturated rings. The zero-order valence-corrected chi connectivity index (χ0v) is 16.2. The van der Waals surface area contributed by atoms with Crippen molar-refractivity contribution in [3.8, 4) is 0 Å². The van der Waals surface area contributed by atoms with Crippen LogP contribution in [0.25, 0.3) is 11.0 Å². The highest BCUT2D eigenvalue weighted by atomic mass is 32.1. The summed E-state index contributed by atoms with van der Waals surface area (Å²) in [5.41, 5.74) is 3.62. The van der Waals surface area contributed by atoms with Gasteiger partial charge in [-0.2, -0.15) is 0 Å². The summed E-state index contributed by atoms with van der Waals surface area (Å²) in [4.78, 5) is 15.7. The van der Waals surface area contributed by atoms with Crippen LogP contribution in [0.1, 0.15) is 27.3 Å². The van der Waals surface area contributed by atoms with Gasteiger partial charge in [-0.1, -0.05) is 6.07 Å². The van der Waals surface area contributed by atoms with Crippen LogP contribution in [0.5, 0.6) is 0 Å². The van der Waals surface area contributed by atoms with Crippen molar-refractivity contribution in [2.24, 2.45) is 0 Å². The second kappa shape index (κ2) is 7.55. The van der Waals surface area contributed by atoms with Crippen molar-refractivity contribution in [3.63, 3.8) is 0 Å². The predicted molar refractivity (Wildman–Crippen MR) is 108 cm³/mol. The number of aryl methyl sites for hydroxylation is 2. The van der Waals surface area contributed by atoms with E-state index in [9.17, 15) is 4.79 Å². The van der Waals surface area contributed by atoms with Crippen LogP contribution in [0, 0.1) is 13.8 Å². The van der Waals surface area contributed by atoms with Crippen molar-refractivity contribution in [1.82, 2.24) is 4.90 Å². The molecule has 0 atom stereocenters. The Morgan fingerprint density at radius 3 is 2.59 bits per heavy atom. The summed E-state index contributed by atoms with van der Waals surface area (Å²) < 4.78 is 11.0. The molecule has 0 aliphatic carbocycles. The fourth-order valence-corrected chi connectivity index (χ4v) is 4.01. The molecular weight excluding hydrogens is 358 g/mol. The molecule has 1 aromatic carbocycles. The number of nitrogens with zero attached hydrogens (tertiary/aromatic N) is 1. The number of furan rings is 1. The third-order valence-corrected chi connectivity index (χ3v) is 5.62. The maximum atomic E-state index is 12.1. The maximum absolute atomic E-state index is 12.1. The molecule has 0 N–H and O–H groups in total. The van der Waals surface area contributed by atoms with E-state index in [1.165, 1.54) is 10.4 Å². The molecule has 0 aliphatic rings. The van der Waals surface area contributed by atoms with Crippen LogP contribution in [0.15, 0.2) is 67.7 Å². The van der Waals surface area contributed by atoms with Gasteiger partial charge < -0.3 is 8.83 Å². The fraction of sp³-hybridized carbons (Fsp3) is 0.227. The molecule has 5 heteroatoms. The van der Waals surface area contributed by atoms with E-state index < -0.39 is 0 Å². The molecule has 0 radical (unpaired) electrons. The third-order valence-electron chi connectivity index (χ3n) is 4.76. The molecule has 0 aliphatic heterocycles. The lowest BCUT2D eigenvalue weighted by atomic mass is 10.0. The van der Waals surface area contributed by atoms with Gasteiger partial charge in [-0.3, -0.25) is 4.90 Å². The van der Waals surface area contributed by atoms with Crippen molar-refractivity contribution >= 4 is 22.3 Å². The summed E-state index contributed by atoms with van der Waals surface area (Å²) in [5, 5.41) is 3.08. The van der Waals surface area contributed by atoms with Crippen molar-refractivity contribution in [2.75, 3.05) is 0 Å². The zero-order valence-electron chi connectivity index (χ0n) is 15.4. The van der Waals surface area contributed by atoms with Crippen LogP contribution >= 0.6 is 11.3 Å². The van der Waals surface area contributed by atoms with Crippen LogP contribution in [-0.2, 0) is 19.6 Å². The van der Waals surface area contributed by atoms with E-state index in [0.717, 1.165) is 28.8 Å². The van der Waals surface area contributed by atoms with Crippen molar-refractivity contribution in [3.05, 3.63) is 91.9 Å². The quantitative estimate of drug-likeness (QED) is 0.428. The SMILES string of the molecule is Cc1cc2oc(=O)cc(CN(Cc3ccco3)Cc3cccs3)c2cc1C. The number of benzene rings is 1. The first-order chi connectivity index (χ1) is 13.1. The molecule has 0 saturated carbocycles. The summed E-state index contributed by atoms with van der Waals surface area (Å²) in [6.07, 6.45) is 1.69. The number of hydrogen-bond acceptors (Lipinski definition) is 5. The molecule has 3 heterocycles. The van der Waals surface area contributed by atoms with E-state index in [2.05, 4.69) is 35.4 Å². The van der Waals surface area contributed by atoms with Crippen molar-refractivity contribution in [2.45, 2.75) is 33.5 Å². The number of fused-ring (bicyclic) bond motifs is 1. The van der Waals surface area contributed by atoms with E-state index in [1.54, 1.807) is 23.7 Å². The lowest BCUT2D eigenvalue weighted by Gasteiger charge is -2.21. The van der Waals surface area contributed by atoms with Gasteiger partial charge in [0.05, 0.1) is 12.8 Å². The first kappa shape index (κ1) is 17.8. The molecule has 4 aromatic rings. The average molecular weight is 379 g/mol. The van der Waals surface area contributed by atoms with Crippen LogP contribution in [0.3, 0.4) is 0 Å². The molecule has 0 saturated heterocycles. The molecule has 4 rings (SSSR count). The largest absolute Gasteiger partial charge is 0.468 e. The minimum absolute atomic E-state index is 0.310. The highest BCUT2D eigenvalue weighted by Gasteiger charge is 2.14. The second-order valence-corrected chi connectivity index (χ2v) is 7.86. The van der Waals surface area contributed by atoms with Crippen molar-refractivity contribution in [1.29, 1.82) is 0 Å². The van der Waals surface area contributed by atoms with E-state index in [4.69, 9.17) is 8.83 Å². The minimum atomic E-state index is -0.310. The van der Waals surface area contributed by atoms with E-state index >= 15 is 0 Å². The Morgan fingerprint density at radius 2 is 1.85 bits per heavy atom. The summed E-state index contributed by atoms with van der Waals surface area (Å²) in [6.45, 7) is 6.23. The summed E-state index contributed by atoms with van der Waals surface area (Å²) >= 11 is 1.73. The summed E-state index contributed by atoms with van der Waals surface area (Å²) in [7, 11) is 0. The third kappa shape index (κ3) is 4.04. The van der Waals surface area contributed by atoms with Gasteiger partial charge in [0.15, 0.2) is 0 Å². The molecule has 0 amide bonds. The lowest BCUT2D eigenvalue weighted by Crippen LogP contribution is -2.22. The Balaban J connectivity index is 1.71. The number of hydrogen-bond donors (Lipinski definition) is 0. The predicted octanol–water partition coefficient (Wildman–Crippen LogP) is 5.27. The molecule has 138 valence electrons. The monoisotopic (exact) mass is 379 g/mol. The summed E-state index contributed by atoms with van der Waals surface area (Å²) in [5.74, 6) is 0.908. The molecule has 4 nitrogen and oxygen atoms in total. The van der Waals surface area contributed by atoms with Gasteiger partial charge in [-0.05, 0) is 66.2 Å². The van der Waals surface area contributed by atoms with Gasteiger partial charge in [0.25, 0.3) is 0 Å². The smallest absolute Gasteiger partial charge is 0.336 e. The average Bonchev–Trinajstić information content (AvgIpc) is 3.30. The molecule has 3 aromatic heterocycles. The normalized spacial score (nSPS) is 11.5. The van der Waals surface area contributed by atoms with Crippen molar-refractivity contribution < 1.29 is 8.83 Å². The van der Waals surface area contributed by atoms with Crippen LogP contribution in [0.2, 0.25) is 0 Å². The number of rotatable bonds is 6. The van der Waals surface area contributed by atoms with Crippen LogP contribution in [-0.4, -0.2) is 4.90 Å². The standard InChI is InChI=1S/C22H21NO3S/c1-15-9-20-17(11-22(24)26-21(20)10-16(15)2)12-23(13-18-5-3-7-25-18)14-19-6-4-8-27-19/h3-11H,12-14H2,1-2H3. The second-order valence-electron chi connectivity index (χ2n) is 6.83. The summed E-state index contributed by atoms with van der Waals surface area (Å²) in [6, 6.07) is 13.7. The number of thiophene rings is 1. The Morgan fingerprint density at radius 1 is 1.00 bits per heavy atom. The van der Waals surface area contributed by atoms with Gasteiger partial charge in [0.2, 0.25) is 0 Å². The van der Waals surface area contributed by atoms with E-state index in [0.29, 0.717) is 18.7 Å². The molecule has 27 heavy (non-hydrogen) atoms. The van der Waals surface area contributed by atoms with Gasteiger partial charge in [-0.25, -0.2) is 4.79 Å². The first-order valence-corrected chi connectivity index (χ1v) is 9.77. The highest BCUT2D eigenvalue weighted by Crippen LogP contribution is 2.24.